The Morgan fingerprint density at radius 2 is 1.55 bits per heavy atom. The Bertz CT molecular complexity index is 1270. The summed E-state index contributed by atoms with van der Waals surface area (Å²) in [7, 11) is 3.30. The first-order valence-electron chi connectivity index (χ1n) is 10.6. The highest BCUT2D eigenvalue weighted by atomic mass is 16.5. The molecule has 0 spiro atoms. The van der Waals surface area contributed by atoms with Gasteiger partial charge in [-0.2, -0.15) is 0 Å². The second-order valence-corrected chi connectivity index (χ2v) is 7.69. The molecule has 0 unspecified atom stereocenters. The second kappa shape index (κ2) is 9.56. The van der Waals surface area contributed by atoms with Crippen molar-refractivity contribution < 1.29 is 9.47 Å². The van der Waals surface area contributed by atoms with Crippen molar-refractivity contribution in [2.75, 3.05) is 19.5 Å². The molecule has 7 heteroatoms. The molecule has 0 saturated heterocycles. The molecule has 0 amide bonds. The minimum Gasteiger partial charge on any atom is -0.497 e. The topological polar surface area (TPSA) is 89.1 Å². The van der Waals surface area contributed by atoms with Crippen molar-refractivity contribution in [2.24, 2.45) is 0 Å². The number of aromatic amines is 1. The Balaban J connectivity index is 1.68. The molecule has 2 heterocycles. The number of aryl methyl sites for hydroxylation is 1. The number of methoxy groups -OCH3 is 2. The summed E-state index contributed by atoms with van der Waals surface area (Å²) in [6.07, 6.45) is 1.70. The molecule has 0 atom stereocenters. The third-order valence-corrected chi connectivity index (χ3v) is 5.58. The van der Waals surface area contributed by atoms with Gasteiger partial charge in [0, 0.05) is 23.0 Å². The molecule has 0 bridgehead atoms. The van der Waals surface area contributed by atoms with Crippen LogP contribution in [0, 0.1) is 13.8 Å². The molecular formula is C26H26N4O3. The normalized spacial score (nSPS) is 10.8. The molecule has 168 valence electrons. The molecule has 0 saturated carbocycles. The summed E-state index contributed by atoms with van der Waals surface area (Å²) in [5, 5.41) is 3.51. The van der Waals surface area contributed by atoms with Crippen LogP contribution in [-0.2, 0) is 0 Å². The van der Waals surface area contributed by atoms with E-state index in [0.717, 1.165) is 28.2 Å². The van der Waals surface area contributed by atoms with Crippen molar-refractivity contribution in [1.82, 2.24) is 15.0 Å². The Morgan fingerprint density at radius 1 is 0.909 bits per heavy atom. The molecule has 33 heavy (non-hydrogen) atoms. The monoisotopic (exact) mass is 442 g/mol. The fraction of sp³-hybridized carbons (Fsp3) is 0.192. The zero-order valence-electron chi connectivity index (χ0n) is 19.0. The average Bonchev–Trinajstić information content (AvgIpc) is 2.86. The smallest absolute Gasteiger partial charge is 0.254 e. The predicted octanol–water partition coefficient (Wildman–Crippen LogP) is 4.67. The van der Waals surface area contributed by atoms with Crippen molar-refractivity contribution in [2.45, 2.75) is 19.9 Å². The van der Waals surface area contributed by atoms with Crippen LogP contribution in [0.3, 0.4) is 0 Å². The first-order valence-corrected chi connectivity index (χ1v) is 10.6. The number of pyridine rings is 1. The van der Waals surface area contributed by atoms with Gasteiger partial charge in [-0.15, -0.1) is 0 Å². The van der Waals surface area contributed by atoms with Crippen LogP contribution in [0.25, 0.3) is 11.4 Å². The molecule has 4 aromatic rings. The Morgan fingerprint density at radius 3 is 2.06 bits per heavy atom. The van der Waals surface area contributed by atoms with E-state index in [1.165, 1.54) is 0 Å². The summed E-state index contributed by atoms with van der Waals surface area (Å²) in [5.41, 5.74) is 3.95. The SMILES string of the molecule is COc1cccc(C(Nc2ccc(-c3nc(C)c(C)c(=O)[nH]3)cn2)c2cccc(OC)c2)c1. The van der Waals surface area contributed by atoms with Crippen LogP contribution >= 0.6 is 0 Å². The van der Waals surface area contributed by atoms with Crippen LogP contribution in [0.2, 0.25) is 0 Å². The lowest BCUT2D eigenvalue weighted by molar-refractivity contribution is 0.413. The van der Waals surface area contributed by atoms with Gasteiger partial charge in [-0.3, -0.25) is 4.79 Å². The first kappa shape index (κ1) is 22.1. The maximum absolute atomic E-state index is 12.1. The van der Waals surface area contributed by atoms with Gasteiger partial charge < -0.3 is 19.8 Å². The summed E-state index contributed by atoms with van der Waals surface area (Å²) in [6, 6.07) is 19.4. The maximum Gasteiger partial charge on any atom is 0.254 e. The lowest BCUT2D eigenvalue weighted by atomic mass is 9.98. The van der Waals surface area contributed by atoms with Gasteiger partial charge in [-0.25, -0.2) is 9.97 Å². The van der Waals surface area contributed by atoms with E-state index in [1.807, 2.05) is 67.6 Å². The summed E-state index contributed by atoms with van der Waals surface area (Å²) in [4.78, 5) is 24.0. The van der Waals surface area contributed by atoms with Gasteiger partial charge in [0.15, 0.2) is 0 Å². The predicted molar refractivity (Wildman–Crippen MR) is 129 cm³/mol. The molecule has 7 nitrogen and oxygen atoms in total. The summed E-state index contributed by atoms with van der Waals surface area (Å²) in [6.45, 7) is 3.58. The van der Waals surface area contributed by atoms with Crippen molar-refractivity contribution >= 4 is 5.82 Å². The van der Waals surface area contributed by atoms with Crippen LogP contribution in [0.5, 0.6) is 11.5 Å². The van der Waals surface area contributed by atoms with Gasteiger partial charge in [0.1, 0.15) is 23.1 Å². The number of aromatic nitrogens is 3. The number of H-pyrrole nitrogens is 1. The second-order valence-electron chi connectivity index (χ2n) is 7.69. The van der Waals surface area contributed by atoms with E-state index in [1.54, 1.807) is 27.3 Å². The highest BCUT2D eigenvalue weighted by Gasteiger charge is 2.17. The molecule has 0 radical (unpaired) electrons. The summed E-state index contributed by atoms with van der Waals surface area (Å²) >= 11 is 0. The Hall–Kier alpha value is -4.13. The molecule has 0 aliphatic rings. The van der Waals surface area contributed by atoms with Crippen molar-refractivity contribution in [3.8, 4) is 22.9 Å². The molecule has 0 aliphatic heterocycles. The number of nitrogens with one attached hydrogen (secondary N) is 2. The van der Waals surface area contributed by atoms with Gasteiger partial charge in [0.25, 0.3) is 5.56 Å². The van der Waals surface area contributed by atoms with Gasteiger partial charge >= 0.3 is 0 Å². The quantitative estimate of drug-likeness (QED) is 0.432. The molecular weight excluding hydrogens is 416 g/mol. The van der Waals surface area contributed by atoms with Crippen LogP contribution in [0.15, 0.2) is 71.7 Å². The zero-order valence-corrected chi connectivity index (χ0v) is 19.0. The van der Waals surface area contributed by atoms with Crippen molar-refractivity contribution in [3.05, 3.63) is 99.6 Å². The lowest BCUT2D eigenvalue weighted by Crippen LogP contribution is -2.15. The van der Waals surface area contributed by atoms with E-state index >= 15 is 0 Å². The third-order valence-electron chi connectivity index (χ3n) is 5.58. The van der Waals surface area contributed by atoms with Gasteiger partial charge in [0.05, 0.1) is 20.3 Å². The standard InChI is InChI=1S/C26H26N4O3/c1-16-17(2)28-25(30-26(16)31)20-11-12-23(27-15-20)29-24(18-7-5-9-21(13-18)32-3)19-8-6-10-22(14-19)33-4/h5-15,24H,1-4H3,(H,27,29)(H,28,30,31). The van der Waals surface area contributed by atoms with Crippen molar-refractivity contribution in [1.29, 1.82) is 0 Å². The number of hydrogen-bond acceptors (Lipinski definition) is 6. The molecule has 2 aromatic heterocycles. The number of nitrogens with zero attached hydrogens (tertiary/aromatic N) is 2. The van der Waals surface area contributed by atoms with E-state index in [0.29, 0.717) is 22.9 Å². The number of benzene rings is 2. The minimum absolute atomic E-state index is 0.143. The number of hydrogen-bond donors (Lipinski definition) is 2. The molecule has 0 aliphatic carbocycles. The van der Waals surface area contributed by atoms with E-state index in [9.17, 15) is 4.79 Å². The molecule has 2 N–H and O–H groups in total. The summed E-state index contributed by atoms with van der Waals surface area (Å²) < 4.78 is 10.8. The van der Waals surface area contributed by atoms with E-state index in [-0.39, 0.29) is 11.6 Å². The molecule has 4 rings (SSSR count). The van der Waals surface area contributed by atoms with Crippen LogP contribution in [-0.4, -0.2) is 29.2 Å². The lowest BCUT2D eigenvalue weighted by Gasteiger charge is -2.21. The highest BCUT2D eigenvalue weighted by molar-refractivity contribution is 5.57. The van der Waals surface area contributed by atoms with E-state index < -0.39 is 0 Å². The highest BCUT2D eigenvalue weighted by Crippen LogP contribution is 2.30. The van der Waals surface area contributed by atoms with Crippen molar-refractivity contribution in [3.63, 3.8) is 0 Å². The Kier molecular flexibility index (Phi) is 6.40. The molecule has 2 aromatic carbocycles. The fourth-order valence-electron chi connectivity index (χ4n) is 3.55. The minimum atomic E-state index is -0.187. The first-order chi connectivity index (χ1) is 16.0. The van der Waals surface area contributed by atoms with E-state index in [2.05, 4.69) is 20.3 Å². The largest absolute Gasteiger partial charge is 0.497 e. The zero-order chi connectivity index (χ0) is 23.4. The van der Waals surface area contributed by atoms with Crippen LogP contribution < -0.4 is 20.3 Å². The number of ether oxygens (including phenoxy) is 2. The van der Waals surface area contributed by atoms with Gasteiger partial charge in [-0.05, 0) is 61.4 Å². The van der Waals surface area contributed by atoms with E-state index in [4.69, 9.17) is 9.47 Å². The number of anilines is 1. The Labute approximate surface area is 192 Å². The maximum atomic E-state index is 12.1. The summed E-state index contributed by atoms with van der Waals surface area (Å²) in [5.74, 6) is 2.73. The average molecular weight is 443 g/mol. The van der Waals surface area contributed by atoms with Gasteiger partial charge in [-0.1, -0.05) is 24.3 Å². The van der Waals surface area contributed by atoms with Crippen LogP contribution in [0.1, 0.15) is 28.4 Å². The third kappa shape index (κ3) is 4.87. The number of rotatable bonds is 7. The fourth-order valence-corrected chi connectivity index (χ4v) is 3.55. The van der Waals surface area contributed by atoms with Gasteiger partial charge in [0.2, 0.25) is 0 Å². The molecule has 0 fully saturated rings. The van der Waals surface area contributed by atoms with Crippen LogP contribution in [0.4, 0.5) is 5.82 Å².